The molecule has 1 aromatic carbocycles. The molecule has 0 aromatic heterocycles. The van der Waals surface area contributed by atoms with Crippen molar-refractivity contribution in [3.63, 3.8) is 0 Å². The predicted molar refractivity (Wildman–Crippen MR) is 105 cm³/mol. The number of cyclic esters (lactones) is 1. The number of anilines is 1. The SMILES string of the molecule is CC(C)(O)C#Cc1ccc(N2CC(CC(C)(C(=O)NO)S(C)(=O)=O)OC2=O)cc1. The lowest BCUT2D eigenvalue weighted by atomic mass is 10.0. The van der Waals surface area contributed by atoms with Gasteiger partial charge in [-0.05, 0) is 45.0 Å². The number of nitrogens with one attached hydrogen (secondary N) is 1. The summed E-state index contributed by atoms with van der Waals surface area (Å²) in [5.41, 5.74) is 1.39. The average Bonchev–Trinajstić information content (AvgIpc) is 2.98. The molecule has 29 heavy (non-hydrogen) atoms. The minimum Gasteiger partial charge on any atom is -0.444 e. The van der Waals surface area contributed by atoms with Crippen molar-refractivity contribution in [2.45, 2.75) is 43.6 Å². The number of amides is 2. The third-order valence-corrected chi connectivity index (χ3v) is 6.57. The number of aliphatic hydroxyl groups is 1. The van der Waals surface area contributed by atoms with Crippen molar-refractivity contribution in [1.82, 2.24) is 5.48 Å². The molecule has 0 saturated carbocycles. The van der Waals surface area contributed by atoms with Crippen molar-refractivity contribution >= 4 is 27.5 Å². The van der Waals surface area contributed by atoms with Crippen LogP contribution in [0.1, 0.15) is 32.8 Å². The Morgan fingerprint density at radius 2 is 1.90 bits per heavy atom. The number of sulfone groups is 1. The van der Waals surface area contributed by atoms with E-state index >= 15 is 0 Å². The van der Waals surface area contributed by atoms with Crippen molar-refractivity contribution in [3.8, 4) is 11.8 Å². The van der Waals surface area contributed by atoms with Gasteiger partial charge in [0.1, 0.15) is 11.7 Å². The second-order valence-electron chi connectivity index (χ2n) is 7.62. The lowest BCUT2D eigenvalue weighted by molar-refractivity contribution is -0.132. The van der Waals surface area contributed by atoms with E-state index < -0.39 is 38.3 Å². The molecular weight excluding hydrogens is 400 g/mol. The number of benzene rings is 1. The van der Waals surface area contributed by atoms with E-state index in [9.17, 15) is 23.1 Å². The number of ether oxygens (including phenoxy) is 1. The van der Waals surface area contributed by atoms with Gasteiger partial charge in [0, 0.05) is 23.9 Å². The van der Waals surface area contributed by atoms with Crippen molar-refractivity contribution < 1.29 is 33.1 Å². The Balaban J connectivity index is 2.18. The molecule has 2 rings (SSSR count). The van der Waals surface area contributed by atoms with E-state index in [2.05, 4.69) is 11.8 Å². The van der Waals surface area contributed by atoms with Gasteiger partial charge < -0.3 is 9.84 Å². The van der Waals surface area contributed by atoms with E-state index in [4.69, 9.17) is 9.94 Å². The molecule has 9 nitrogen and oxygen atoms in total. The molecule has 3 N–H and O–H groups in total. The summed E-state index contributed by atoms with van der Waals surface area (Å²) in [5.74, 6) is 4.41. The van der Waals surface area contributed by atoms with E-state index in [0.29, 0.717) is 11.3 Å². The highest BCUT2D eigenvalue weighted by molar-refractivity contribution is 7.92. The Labute approximate surface area is 169 Å². The van der Waals surface area contributed by atoms with Gasteiger partial charge in [-0.15, -0.1) is 0 Å². The van der Waals surface area contributed by atoms with Crippen LogP contribution in [-0.4, -0.2) is 60.0 Å². The Morgan fingerprint density at radius 1 is 1.31 bits per heavy atom. The zero-order valence-corrected chi connectivity index (χ0v) is 17.4. The van der Waals surface area contributed by atoms with Gasteiger partial charge in [-0.2, -0.15) is 0 Å². The summed E-state index contributed by atoms with van der Waals surface area (Å²) in [4.78, 5) is 25.5. The fourth-order valence-electron chi connectivity index (χ4n) is 2.75. The maximum atomic E-state index is 12.2. The van der Waals surface area contributed by atoms with Gasteiger partial charge in [0.05, 0.1) is 6.54 Å². The Morgan fingerprint density at radius 3 is 2.38 bits per heavy atom. The first kappa shape index (κ1) is 22.7. The monoisotopic (exact) mass is 424 g/mol. The molecule has 0 radical (unpaired) electrons. The Hall–Kier alpha value is -2.61. The maximum Gasteiger partial charge on any atom is 0.414 e. The van der Waals surface area contributed by atoms with Gasteiger partial charge in [-0.3, -0.25) is 14.9 Å². The highest BCUT2D eigenvalue weighted by atomic mass is 32.2. The van der Waals surface area contributed by atoms with Gasteiger partial charge in [-0.25, -0.2) is 18.7 Å². The van der Waals surface area contributed by atoms with Crippen molar-refractivity contribution in [2.24, 2.45) is 0 Å². The summed E-state index contributed by atoms with van der Waals surface area (Å²) in [6, 6.07) is 6.64. The third kappa shape index (κ3) is 5.26. The molecular formula is C19H24N2O7S. The quantitative estimate of drug-likeness (QED) is 0.362. The molecule has 2 unspecified atom stereocenters. The van der Waals surface area contributed by atoms with Crippen molar-refractivity contribution in [3.05, 3.63) is 29.8 Å². The van der Waals surface area contributed by atoms with E-state index in [1.807, 2.05) is 0 Å². The van der Waals surface area contributed by atoms with Crippen LogP contribution in [0.15, 0.2) is 24.3 Å². The third-order valence-electron chi connectivity index (χ3n) is 4.58. The van der Waals surface area contributed by atoms with Crippen LogP contribution in [0.3, 0.4) is 0 Å². The topological polar surface area (TPSA) is 133 Å². The fourth-order valence-corrected chi connectivity index (χ4v) is 3.62. The molecule has 2 amide bonds. The molecule has 10 heteroatoms. The molecule has 1 saturated heterocycles. The minimum atomic E-state index is -3.90. The van der Waals surface area contributed by atoms with Gasteiger partial charge in [-0.1, -0.05) is 11.8 Å². The molecule has 0 spiro atoms. The predicted octanol–water partition coefficient (Wildman–Crippen LogP) is 0.833. The second-order valence-corrected chi connectivity index (χ2v) is 10.1. The van der Waals surface area contributed by atoms with Crippen LogP contribution in [0.5, 0.6) is 0 Å². The molecule has 0 aliphatic carbocycles. The van der Waals surface area contributed by atoms with Crippen LogP contribution in [-0.2, 0) is 19.4 Å². The highest BCUT2D eigenvalue weighted by Gasteiger charge is 2.48. The fraction of sp³-hybridized carbons (Fsp3) is 0.474. The molecule has 0 bridgehead atoms. The van der Waals surface area contributed by atoms with Crippen molar-refractivity contribution in [2.75, 3.05) is 17.7 Å². The number of rotatable bonds is 5. The Kier molecular flexibility index (Phi) is 6.27. The van der Waals surface area contributed by atoms with Crippen LogP contribution < -0.4 is 10.4 Å². The molecule has 1 aromatic rings. The summed E-state index contributed by atoms with van der Waals surface area (Å²) in [6.45, 7) is 4.34. The van der Waals surface area contributed by atoms with Gasteiger partial charge >= 0.3 is 6.09 Å². The summed E-state index contributed by atoms with van der Waals surface area (Å²) < 4.78 is 27.5. The van der Waals surface area contributed by atoms with Gasteiger partial charge in [0.15, 0.2) is 14.6 Å². The first-order valence-corrected chi connectivity index (χ1v) is 10.6. The lowest BCUT2D eigenvalue weighted by Crippen LogP contribution is -2.51. The van der Waals surface area contributed by atoms with Crippen LogP contribution in [0.4, 0.5) is 10.5 Å². The van der Waals surface area contributed by atoms with Crippen LogP contribution >= 0.6 is 0 Å². The molecule has 1 aliphatic rings. The molecule has 158 valence electrons. The first-order valence-electron chi connectivity index (χ1n) is 8.75. The second kappa shape index (κ2) is 8.02. The molecule has 1 heterocycles. The van der Waals surface area contributed by atoms with Gasteiger partial charge in [0.2, 0.25) is 0 Å². The Bertz CT molecular complexity index is 955. The number of hydroxylamine groups is 1. The van der Waals surface area contributed by atoms with Crippen LogP contribution in [0.25, 0.3) is 0 Å². The number of carbonyl (C=O) groups is 2. The molecule has 1 fully saturated rings. The van der Waals surface area contributed by atoms with E-state index in [0.717, 1.165) is 6.26 Å². The van der Waals surface area contributed by atoms with Crippen molar-refractivity contribution in [1.29, 1.82) is 0 Å². The summed E-state index contributed by atoms with van der Waals surface area (Å²) in [7, 11) is -3.90. The summed E-state index contributed by atoms with van der Waals surface area (Å²) in [6.07, 6.45) is -0.973. The van der Waals surface area contributed by atoms with E-state index in [1.54, 1.807) is 38.1 Å². The molecule has 1 aliphatic heterocycles. The smallest absolute Gasteiger partial charge is 0.414 e. The van der Waals surface area contributed by atoms with Crippen LogP contribution in [0.2, 0.25) is 0 Å². The number of carbonyl (C=O) groups excluding carboxylic acids is 2. The van der Waals surface area contributed by atoms with Gasteiger partial charge in [0.25, 0.3) is 5.91 Å². The zero-order valence-electron chi connectivity index (χ0n) is 16.6. The summed E-state index contributed by atoms with van der Waals surface area (Å²) >= 11 is 0. The molecule has 2 atom stereocenters. The first-order chi connectivity index (χ1) is 13.3. The standard InChI is InChI=1S/C19H24N2O7S/c1-18(2,24)10-9-13-5-7-14(8-6-13)21-12-15(28-17(21)23)11-19(3,16(22)20-25)29(4,26)27/h5-8,15,24-25H,11-12H2,1-4H3,(H,20,22). The largest absolute Gasteiger partial charge is 0.444 e. The van der Waals surface area contributed by atoms with E-state index in [-0.39, 0.29) is 13.0 Å². The minimum absolute atomic E-state index is 0.0390. The lowest BCUT2D eigenvalue weighted by Gasteiger charge is -2.26. The number of nitrogens with zero attached hydrogens (tertiary/aromatic N) is 1. The highest BCUT2D eigenvalue weighted by Crippen LogP contribution is 2.30. The zero-order chi connectivity index (χ0) is 22.0. The maximum absolute atomic E-state index is 12.2. The number of hydrogen-bond donors (Lipinski definition) is 3. The van der Waals surface area contributed by atoms with Crippen LogP contribution in [0, 0.1) is 11.8 Å². The van der Waals surface area contributed by atoms with E-state index in [1.165, 1.54) is 17.3 Å². The normalized spacial score (nSPS) is 19.0. The average molecular weight is 424 g/mol. The summed E-state index contributed by atoms with van der Waals surface area (Å²) in [5, 5.41) is 18.5. The number of hydrogen-bond acceptors (Lipinski definition) is 7.